The lowest BCUT2D eigenvalue weighted by molar-refractivity contribution is 0.808. The highest BCUT2D eigenvalue weighted by Crippen LogP contribution is 2.59. The molecule has 3 aromatic rings. The van der Waals surface area contributed by atoms with E-state index < -0.39 is 0 Å². The second kappa shape index (κ2) is 9.12. The largest absolute Gasteiger partial charge is 0.264 e. The summed E-state index contributed by atoms with van der Waals surface area (Å²) in [6.45, 7) is 13.9. The summed E-state index contributed by atoms with van der Waals surface area (Å²) >= 11 is 0. The van der Waals surface area contributed by atoms with E-state index >= 15 is 0 Å². The number of benzene rings is 1. The molecule has 0 spiro atoms. The Morgan fingerprint density at radius 1 is 0.639 bits per heavy atom. The fraction of sp³-hybridized carbons (Fsp3) is 0.529. The van der Waals surface area contributed by atoms with Crippen molar-refractivity contribution in [3.63, 3.8) is 0 Å². The Morgan fingerprint density at radius 3 is 2.00 bits per heavy atom. The normalized spacial score (nSPS) is 25.1. The van der Waals surface area contributed by atoms with E-state index in [1.165, 1.54) is 48.1 Å². The van der Waals surface area contributed by atoms with Crippen molar-refractivity contribution in [3.05, 3.63) is 93.6 Å². The average Bonchev–Trinajstić information content (AvgIpc) is 3.75. The van der Waals surface area contributed by atoms with Crippen LogP contribution in [0.5, 0.6) is 0 Å². The molecule has 0 aliphatic heterocycles. The van der Waals surface area contributed by atoms with Crippen molar-refractivity contribution in [2.24, 2.45) is 0 Å². The van der Waals surface area contributed by atoms with Crippen molar-refractivity contribution in [3.8, 4) is 0 Å². The number of nitrogens with zero attached hydrogens (tertiary/aromatic N) is 2. The molecule has 2 nitrogen and oxygen atoms in total. The highest BCUT2D eigenvalue weighted by molar-refractivity contribution is 5.47. The molecule has 0 bridgehead atoms. The lowest BCUT2D eigenvalue weighted by Gasteiger charge is -2.16. The van der Waals surface area contributed by atoms with Crippen LogP contribution in [0.15, 0.2) is 48.9 Å². The Bertz CT molecular complexity index is 1270. The lowest BCUT2D eigenvalue weighted by atomic mass is 9.90. The van der Waals surface area contributed by atoms with Crippen LogP contribution in [0.25, 0.3) is 0 Å². The predicted molar refractivity (Wildman–Crippen MR) is 149 cm³/mol. The Morgan fingerprint density at radius 2 is 1.31 bits per heavy atom. The first kappa shape index (κ1) is 23.9. The van der Waals surface area contributed by atoms with Crippen LogP contribution in [0.2, 0.25) is 0 Å². The second-order valence-electron chi connectivity index (χ2n) is 12.8. The van der Waals surface area contributed by atoms with Gasteiger partial charge in [-0.2, -0.15) is 0 Å². The minimum absolute atomic E-state index is 0.508. The third kappa shape index (κ3) is 4.42. The molecule has 3 saturated carbocycles. The smallest absolute Gasteiger partial charge is 0.0443 e. The molecule has 0 amide bonds. The minimum Gasteiger partial charge on any atom is -0.264 e. The van der Waals surface area contributed by atoms with Gasteiger partial charge in [0, 0.05) is 30.2 Å². The number of hydrogen-bond donors (Lipinski definition) is 0. The van der Waals surface area contributed by atoms with Crippen molar-refractivity contribution in [2.75, 3.05) is 0 Å². The Labute approximate surface area is 218 Å². The minimum atomic E-state index is 0.508. The van der Waals surface area contributed by atoms with E-state index in [1.54, 1.807) is 22.3 Å². The van der Waals surface area contributed by atoms with E-state index in [2.05, 4.69) is 89.3 Å². The standard InChI is InChI=1S/C34H42N2/c1-19(2)24-10-9-23(13-26(24)22-7-8-22)27-14-28(27)30-16-34(36-18-32(30)21(5)6)31-15-29(31)33-17-35-12-11-25(33)20(3)4/h9-13,16-22,27-29,31H,7-8,14-15H2,1-6H3. The Balaban J connectivity index is 1.27. The van der Waals surface area contributed by atoms with Gasteiger partial charge < -0.3 is 0 Å². The topological polar surface area (TPSA) is 25.8 Å². The van der Waals surface area contributed by atoms with Crippen LogP contribution in [-0.4, -0.2) is 9.97 Å². The van der Waals surface area contributed by atoms with Crippen molar-refractivity contribution < 1.29 is 0 Å². The van der Waals surface area contributed by atoms with Gasteiger partial charge in [-0.25, -0.2) is 0 Å². The summed E-state index contributed by atoms with van der Waals surface area (Å²) in [7, 11) is 0. The molecule has 2 aromatic heterocycles. The first-order chi connectivity index (χ1) is 17.3. The summed E-state index contributed by atoms with van der Waals surface area (Å²) in [6.07, 6.45) is 11.5. The Kier molecular flexibility index (Phi) is 6.05. The molecular formula is C34H42N2. The van der Waals surface area contributed by atoms with Gasteiger partial charge in [-0.3, -0.25) is 9.97 Å². The van der Waals surface area contributed by atoms with Crippen molar-refractivity contribution >= 4 is 0 Å². The molecule has 188 valence electrons. The maximum atomic E-state index is 5.04. The summed E-state index contributed by atoms with van der Waals surface area (Å²) in [5.41, 5.74) is 12.0. The average molecular weight is 479 g/mol. The van der Waals surface area contributed by atoms with E-state index in [1.807, 2.05) is 6.20 Å². The van der Waals surface area contributed by atoms with E-state index in [9.17, 15) is 0 Å². The number of rotatable bonds is 8. The number of hydrogen-bond acceptors (Lipinski definition) is 2. The quantitative estimate of drug-likeness (QED) is 0.322. The van der Waals surface area contributed by atoms with Crippen LogP contribution < -0.4 is 0 Å². The highest BCUT2D eigenvalue weighted by atomic mass is 14.7. The van der Waals surface area contributed by atoms with Gasteiger partial charge in [0.1, 0.15) is 0 Å². The van der Waals surface area contributed by atoms with Gasteiger partial charge in [0.2, 0.25) is 0 Å². The second-order valence-corrected chi connectivity index (χ2v) is 12.8. The van der Waals surface area contributed by atoms with Crippen LogP contribution >= 0.6 is 0 Å². The number of pyridine rings is 2. The molecular weight excluding hydrogens is 436 g/mol. The summed E-state index contributed by atoms with van der Waals surface area (Å²) in [4.78, 5) is 9.51. The van der Waals surface area contributed by atoms with Crippen molar-refractivity contribution in [2.45, 2.75) is 115 Å². The third-order valence-electron chi connectivity index (χ3n) is 9.06. The summed E-state index contributed by atoms with van der Waals surface area (Å²) in [5, 5.41) is 0. The molecule has 0 N–H and O–H groups in total. The van der Waals surface area contributed by atoms with E-state index in [-0.39, 0.29) is 0 Å². The fourth-order valence-electron chi connectivity index (χ4n) is 6.63. The summed E-state index contributed by atoms with van der Waals surface area (Å²) in [5.74, 6) is 4.88. The van der Waals surface area contributed by atoms with Gasteiger partial charge in [-0.05, 0) is 118 Å². The molecule has 4 atom stereocenters. The van der Waals surface area contributed by atoms with Gasteiger partial charge in [0.15, 0.2) is 0 Å². The molecule has 3 fully saturated rings. The Hall–Kier alpha value is -2.48. The molecule has 3 aliphatic rings. The molecule has 0 saturated heterocycles. The molecule has 2 heterocycles. The van der Waals surface area contributed by atoms with Gasteiger partial charge >= 0.3 is 0 Å². The zero-order chi connectivity index (χ0) is 25.1. The zero-order valence-electron chi connectivity index (χ0n) is 23.0. The lowest BCUT2D eigenvalue weighted by Crippen LogP contribution is -2.02. The molecule has 4 unspecified atom stereocenters. The van der Waals surface area contributed by atoms with Crippen LogP contribution in [0.1, 0.15) is 159 Å². The van der Waals surface area contributed by atoms with E-state index in [4.69, 9.17) is 4.98 Å². The van der Waals surface area contributed by atoms with Crippen LogP contribution in [0.3, 0.4) is 0 Å². The van der Waals surface area contributed by atoms with Gasteiger partial charge in [0.25, 0.3) is 0 Å². The monoisotopic (exact) mass is 478 g/mol. The van der Waals surface area contributed by atoms with Crippen molar-refractivity contribution in [1.82, 2.24) is 9.97 Å². The maximum Gasteiger partial charge on any atom is 0.0443 e. The van der Waals surface area contributed by atoms with E-state index in [0.717, 1.165) is 5.92 Å². The zero-order valence-corrected chi connectivity index (χ0v) is 23.0. The molecule has 0 radical (unpaired) electrons. The molecule has 36 heavy (non-hydrogen) atoms. The SMILES string of the molecule is CC(C)c1ccc(C2CC2c2cc(C3CC3c3cnccc3C(C)C)ncc2C(C)C)cc1C1CC1. The van der Waals surface area contributed by atoms with Crippen LogP contribution in [-0.2, 0) is 0 Å². The first-order valence-electron chi connectivity index (χ1n) is 14.4. The summed E-state index contributed by atoms with van der Waals surface area (Å²) in [6, 6.07) is 12.2. The molecule has 1 aromatic carbocycles. The first-order valence-corrected chi connectivity index (χ1v) is 14.4. The van der Waals surface area contributed by atoms with Crippen LogP contribution in [0.4, 0.5) is 0 Å². The van der Waals surface area contributed by atoms with Gasteiger partial charge in [-0.15, -0.1) is 0 Å². The van der Waals surface area contributed by atoms with Crippen molar-refractivity contribution in [1.29, 1.82) is 0 Å². The molecule has 6 rings (SSSR count). The van der Waals surface area contributed by atoms with Gasteiger partial charge in [-0.1, -0.05) is 59.7 Å². The highest BCUT2D eigenvalue weighted by Gasteiger charge is 2.45. The van der Waals surface area contributed by atoms with E-state index in [0.29, 0.717) is 41.4 Å². The number of aromatic nitrogens is 2. The molecule has 3 aliphatic carbocycles. The fourth-order valence-corrected chi connectivity index (χ4v) is 6.63. The van der Waals surface area contributed by atoms with Gasteiger partial charge in [0.05, 0.1) is 0 Å². The maximum absolute atomic E-state index is 5.04. The summed E-state index contributed by atoms with van der Waals surface area (Å²) < 4.78 is 0. The van der Waals surface area contributed by atoms with Crippen LogP contribution in [0, 0.1) is 0 Å². The third-order valence-corrected chi connectivity index (χ3v) is 9.06. The predicted octanol–water partition coefficient (Wildman–Crippen LogP) is 9.27. The molecule has 2 heteroatoms.